The third kappa shape index (κ3) is 4.35. The van der Waals surface area contributed by atoms with Crippen molar-refractivity contribution in [3.63, 3.8) is 0 Å². The molecule has 2 N–H and O–H groups in total. The molecule has 2 heterocycles. The largest absolute Gasteiger partial charge is 0.503 e. The van der Waals surface area contributed by atoms with Gasteiger partial charge in [-0.1, -0.05) is 29.8 Å². The fourth-order valence-electron chi connectivity index (χ4n) is 4.22. The van der Waals surface area contributed by atoms with Crippen LogP contribution in [-0.2, 0) is 16.9 Å². The molecule has 3 aromatic rings. The number of aryl methyl sites for hydroxylation is 1. The number of benzene rings is 2. The summed E-state index contributed by atoms with van der Waals surface area (Å²) in [6.07, 6.45) is 0. The Morgan fingerprint density at radius 1 is 1.15 bits per heavy atom. The van der Waals surface area contributed by atoms with Gasteiger partial charge in [-0.15, -0.1) is 0 Å². The number of aliphatic hydroxyl groups is 1. The lowest BCUT2D eigenvalue weighted by Crippen LogP contribution is -2.49. The van der Waals surface area contributed by atoms with E-state index < -0.39 is 11.4 Å². The molecule has 0 fully saturated rings. The number of nitrogens with zero attached hydrogens (tertiary/aromatic N) is 3. The number of halogens is 1. The van der Waals surface area contributed by atoms with Gasteiger partial charge in [0.1, 0.15) is 23.2 Å². The Bertz CT molecular complexity index is 1240. The van der Waals surface area contributed by atoms with Crippen LogP contribution in [0.4, 0.5) is 15.9 Å². The minimum absolute atomic E-state index is 0.234. The summed E-state index contributed by atoms with van der Waals surface area (Å²) in [6.45, 7) is 10.1. The molecule has 0 bridgehead atoms. The van der Waals surface area contributed by atoms with Crippen molar-refractivity contribution in [2.24, 2.45) is 0 Å². The van der Waals surface area contributed by atoms with Gasteiger partial charge in [0, 0.05) is 17.8 Å². The predicted octanol–water partition coefficient (Wildman–Crippen LogP) is 5.67. The number of amides is 1. The van der Waals surface area contributed by atoms with Crippen LogP contribution in [0.5, 0.6) is 0 Å². The molecule has 0 spiro atoms. The summed E-state index contributed by atoms with van der Waals surface area (Å²) in [6, 6.07) is 14.4. The maximum Gasteiger partial charge on any atom is 0.289 e. The summed E-state index contributed by atoms with van der Waals surface area (Å²) in [5.74, 6) is 0.397. The SMILES string of the molecule is CC(C)=C(O)C(=O)N1Cc2nc(-c3cccc(F)c3)c(Nc3ccc(C)cc3)n2C(C)(C)C1. The number of allylic oxidation sites excluding steroid dienone is 1. The second-order valence-electron chi connectivity index (χ2n) is 9.38. The number of carbonyl (C=O) groups is 1. The molecule has 0 atom stereocenters. The van der Waals surface area contributed by atoms with Gasteiger partial charge in [-0.3, -0.25) is 4.79 Å². The molecule has 0 saturated heterocycles. The zero-order valence-electron chi connectivity index (χ0n) is 19.6. The number of imidazole rings is 1. The van der Waals surface area contributed by atoms with E-state index in [4.69, 9.17) is 4.98 Å². The topological polar surface area (TPSA) is 70.4 Å². The molecule has 1 aromatic heterocycles. The summed E-state index contributed by atoms with van der Waals surface area (Å²) < 4.78 is 16.2. The third-order valence-electron chi connectivity index (χ3n) is 5.84. The molecule has 1 aliphatic heterocycles. The van der Waals surface area contributed by atoms with Crippen molar-refractivity contribution in [3.8, 4) is 11.3 Å². The molecule has 0 aliphatic carbocycles. The standard InChI is InChI=1S/C26H29FN4O2/c1-16(2)23(32)25(33)30-14-21-29-22(18-7-6-8-19(27)13-18)24(31(21)26(4,5)15-30)28-20-11-9-17(3)10-12-20/h6-13,28,32H,14-15H2,1-5H3. The third-order valence-corrected chi connectivity index (χ3v) is 5.84. The smallest absolute Gasteiger partial charge is 0.289 e. The lowest BCUT2D eigenvalue weighted by atomic mass is 10.0. The second kappa shape index (κ2) is 8.39. The molecule has 0 radical (unpaired) electrons. The van der Waals surface area contributed by atoms with Gasteiger partial charge in [-0.05, 0) is 64.5 Å². The highest BCUT2D eigenvalue weighted by molar-refractivity contribution is 5.92. The number of carbonyl (C=O) groups excluding carboxylic acids is 1. The van der Waals surface area contributed by atoms with Crippen molar-refractivity contribution in [1.29, 1.82) is 0 Å². The second-order valence-corrected chi connectivity index (χ2v) is 9.38. The zero-order valence-corrected chi connectivity index (χ0v) is 19.6. The number of hydrogen-bond donors (Lipinski definition) is 2. The molecule has 0 unspecified atom stereocenters. The number of aromatic nitrogens is 2. The average Bonchev–Trinajstić information content (AvgIpc) is 3.13. The fourth-order valence-corrected chi connectivity index (χ4v) is 4.22. The number of hydrogen-bond acceptors (Lipinski definition) is 4. The van der Waals surface area contributed by atoms with Crippen molar-refractivity contribution < 1.29 is 14.3 Å². The summed E-state index contributed by atoms with van der Waals surface area (Å²) in [5, 5.41) is 13.7. The fraction of sp³-hybridized carbons (Fsp3) is 0.308. The summed E-state index contributed by atoms with van der Waals surface area (Å²) in [5.41, 5.74) is 3.32. The van der Waals surface area contributed by atoms with Crippen LogP contribution in [0, 0.1) is 12.7 Å². The van der Waals surface area contributed by atoms with Gasteiger partial charge in [-0.25, -0.2) is 9.37 Å². The monoisotopic (exact) mass is 448 g/mol. The first-order valence-corrected chi connectivity index (χ1v) is 10.9. The van der Waals surface area contributed by atoms with E-state index in [1.807, 2.05) is 51.1 Å². The summed E-state index contributed by atoms with van der Waals surface area (Å²) in [4.78, 5) is 19.3. The van der Waals surface area contributed by atoms with E-state index in [9.17, 15) is 14.3 Å². The first kappa shape index (κ1) is 22.6. The first-order valence-electron chi connectivity index (χ1n) is 10.9. The van der Waals surface area contributed by atoms with E-state index >= 15 is 0 Å². The maximum atomic E-state index is 14.1. The molecule has 172 valence electrons. The number of fused-ring (bicyclic) bond motifs is 1. The van der Waals surface area contributed by atoms with Crippen LogP contribution in [0.3, 0.4) is 0 Å². The Labute approximate surface area is 193 Å². The molecular weight excluding hydrogens is 419 g/mol. The molecule has 1 amide bonds. The van der Waals surface area contributed by atoms with Crippen LogP contribution in [0.1, 0.15) is 39.1 Å². The molecule has 33 heavy (non-hydrogen) atoms. The molecule has 7 heteroatoms. The number of rotatable bonds is 4. The van der Waals surface area contributed by atoms with Gasteiger partial charge in [0.25, 0.3) is 5.91 Å². The van der Waals surface area contributed by atoms with Crippen molar-refractivity contribution in [2.75, 3.05) is 11.9 Å². The van der Waals surface area contributed by atoms with Gasteiger partial charge in [-0.2, -0.15) is 0 Å². The highest BCUT2D eigenvalue weighted by atomic mass is 19.1. The van der Waals surface area contributed by atoms with E-state index in [1.165, 1.54) is 12.1 Å². The van der Waals surface area contributed by atoms with Crippen LogP contribution in [0.15, 0.2) is 59.9 Å². The van der Waals surface area contributed by atoms with Gasteiger partial charge >= 0.3 is 0 Å². The highest BCUT2D eigenvalue weighted by Crippen LogP contribution is 2.39. The average molecular weight is 449 g/mol. The van der Waals surface area contributed by atoms with Gasteiger partial charge < -0.3 is 19.9 Å². The number of aliphatic hydroxyl groups excluding tert-OH is 1. The number of anilines is 2. The Morgan fingerprint density at radius 2 is 1.85 bits per heavy atom. The molecule has 6 nitrogen and oxygen atoms in total. The van der Waals surface area contributed by atoms with E-state index in [0.29, 0.717) is 29.2 Å². The van der Waals surface area contributed by atoms with Crippen molar-refractivity contribution in [2.45, 2.75) is 46.7 Å². The lowest BCUT2D eigenvalue weighted by molar-refractivity contribution is -0.133. The Balaban J connectivity index is 1.85. The molecule has 2 aromatic carbocycles. The molecule has 4 rings (SSSR count). The van der Waals surface area contributed by atoms with E-state index in [0.717, 1.165) is 17.1 Å². The number of nitrogens with one attached hydrogen (secondary N) is 1. The van der Waals surface area contributed by atoms with Crippen molar-refractivity contribution in [3.05, 3.63) is 77.1 Å². The van der Waals surface area contributed by atoms with Gasteiger partial charge in [0.2, 0.25) is 0 Å². The Hall–Kier alpha value is -3.61. The van der Waals surface area contributed by atoms with E-state index in [2.05, 4.69) is 9.88 Å². The first-order chi connectivity index (χ1) is 15.6. The van der Waals surface area contributed by atoms with Crippen LogP contribution in [0.2, 0.25) is 0 Å². The quantitative estimate of drug-likeness (QED) is 0.399. The van der Waals surface area contributed by atoms with E-state index in [-0.39, 0.29) is 18.1 Å². The highest BCUT2D eigenvalue weighted by Gasteiger charge is 2.38. The predicted molar refractivity (Wildman–Crippen MR) is 128 cm³/mol. The zero-order chi connectivity index (χ0) is 23.9. The summed E-state index contributed by atoms with van der Waals surface area (Å²) in [7, 11) is 0. The minimum Gasteiger partial charge on any atom is -0.503 e. The van der Waals surface area contributed by atoms with E-state index in [1.54, 1.807) is 24.8 Å². The minimum atomic E-state index is -0.531. The van der Waals surface area contributed by atoms with Gasteiger partial charge in [0.15, 0.2) is 5.76 Å². The normalized spacial score (nSPS) is 14.5. The van der Waals surface area contributed by atoms with Crippen molar-refractivity contribution >= 4 is 17.4 Å². The van der Waals surface area contributed by atoms with Crippen LogP contribution in [0.25, 0.3) is 11.3 Å². The van der Waals surface area contributed by atoms with Gasteiger partial charge in [0.05, 0.1) is 12.1 Å². The molecule has 1 aliphatic rings. The van der Waals surface area contributed by atoms with Crippen LogP contribution in [-0.4, -0.2) is 32.0 Å². The summed E-state index contributed by atoms with van der Waals surface area (Å²) >= 11 is 0. The maximum absolute atomic E-state index is 14.1. The molecular formula is C26H29FN4O2. The Morgan fingerprint density at radius 3 is 2.48 bits per heavy atom. The van der Waals surface area contributed by atoms with Crippen LogP contribution < -0.4 is 5.32 Å². The molecule has 0 saturated carbocycles. The Kier molecular flexibility index (Phi) is 5.74. The lowest BCUT2D eigenvalue weighted by Gasteiger charge is -2.40. The van der Waals surface area contributed by atoms with Crippen LogP contribution >= 0.6 is 0 Å². The van der Waals surface area contributed by atoms with Crippen molar-refractivity contribution in [1.82, 2.24) is 14.5 Å².